The van der Waals surface area contributed by atoms with E-state index in [0.29, 0.717) is 11.8 Å². The molecule has 1 aromatic heterocycles. The number of nitrogens with one attached hydrogen (secondary N) is 2. The predicted molar refractivity (Wildman–Crippen MR) is 95.4 cm³/mol. The highest BCUT2D eigenvalue weighted by Gasteiger charge is 2.10. The summed E-state index contributed by atoms with van der Waals surface area (Å²) in [5.74, 6) is 2.97. The smallest absolute Gasteiger partial charge is 0.169 e. The van der Waals surface area contributed by atoms with Crippen molar-refractivity contribution in [1.29, 1.82) is 0 Å². The number of hydrogen-bond acceptors (Lipinski definition) is 4. The molecular weight excluding hydrogens is 272 g/mol. The molecule has 0 spiro atoms. The first-order valence-corrected chi connectivity index (χ1v) is 8.38. The van der Waals surface area contributed by atoms with Gasteiger partial charge in [0.05, 0.1) is 11.0 Å². The summed E-state index contributed by atoms with van der Waals surface area (Å²) in [6, 6.07) is 8.02. The second-order valence-electron chi connectivity index (χ2n) is 6.20. The molecule has 2 N–H and O–H groups in total. The number of nitrogens with zero attached hydrogens (tertiary/aromatic N) is 2. The Morgan fingerprint density at radius 1 is 0.818 bits per heavy atom. The molecule has 2 aromatic rings. The van der Waals surface area contributed by atoms with E-state index < -0.39 is 0 Å². The number of para-hydroxylation sites is 2. The van der Waals surface area contributed by atoms with Crippen LogP contribution in [0.2, 0.25) is 0 Å². The Morgan fingerprint density at radius 2 is 1.23 bits per heavy atom. The molecule has 2 atom stereocenters. The number of aromatic nitrogens is 2. The van der Waals surface area contributed by atoms with Crippen molar-refractivity contribution < 1.29 is 0 Å². The summed E-state index contributed by atoms with van der Waals surface area (Å²) in [5.41, 5.74) is 1.87. The molecule has 22 heavy (non-hydrogen) atoms. The van der Waals surface area contributed by atoms with E-state index in [4.69, 9.17) is 9.97 Å². The largest absolute Gasteiger partial charge is 0.367 e. The van der Waals surface area contributed by atoms with Gasteiger partial charge in [-0.05, 0) is 24.0 Å². The van der Waals surface area contributed by atoms with Gasteiger partial charge in [0, 0.05) is 13.1 Å². The standard InChI is InChI=1S/C18H28N4/c1-5-13(3)11-19-17-18(20-12-14(4)6-2)22-16-10-8-7-9-15(16)21-17/h7-10,13-14H,5-6,11-12H2,1-4H3,(H,19,21)(H,20,22). The predicted octanol–water partition coefficient (Wildman–Crippen LogP) is 4.55. The third kappa shape index (κ3) is 4.33. The van der Waals surface area contributed by atoms with Crippen LogP contribution in [0, 0.1) is 11.8 Å². The fourth-order valence-corrected chi connectivity index (χ4v) is 2.08. The molecule has 0 aliphatic rings. The Bertz CT molecular complexity index is 544. The molecule has 0 aliphatic heterocycles. The summed E-state index contributed by atoms with van der Waals surface area (Å²) in [6.45, 7) is 10.7. The van der Waals surface area contributed by atoms with E-state index in [1.54, 1.807) is 0 Å². The average molecular weight is 300 g/mol. The van der Waals surface area contributed by atoms with Gasteiger partial charge in [-0.15, -0.1) is 0 Å². The van der Waals surface area contributed by atoms with E-state index in [-0.39, 0.29) is 0 Å². The average Bonchev–Trinajstić information content (AvgIpc) is 2.56. The van der Waals surface area contributed by atoms with Crippen LogP contribution in [0.3, 0.4) is 0 Å². The van der Waals surface area contributed by atoms with E-state index in [0.717, 1.165) is 48.6 Å². The van der Waals surface area contributed by atoms with Crippen molar-refractivity contribution in [3.05, 3.63) is 24.3 Å². The highest BCUT2D eigenvalue weighted by atomic mass is 15.1. The summed E-state index contributed by atoms with van der Waals surface area (Å²) < 4.78 is 0. The number of fused-ring (bicyclic) bond motifs is 1. The van der Waals surface area contributed by atoms with Gasteiger partial charge in [-0.1, -0.05) is 52.7 Å². The van der Waals surface area contributed by atoms with Gasteiger partial charge in [0.1, 0.15) is 0 Å². The summed E-state index contributed by atoms with van der Waals surface area (Å²) in [4.78, 5) is 9.50. The van der Waals surface area contributed by atoms with Crippen LogP contribution in [0.25, 0.3) is 11.0 Å². The Hall–Kier alpha value is -1.84. The zero-order chi connectivity index (χ0) is 15.9. The lowest BCUT2D eigenvalue weighted by molar-refractivity contribution is 0.589. The molecule has 0 saturated heterocycles. The van der Waals surface area contributed by atoms with Crippen LogP contribution in [0.4, 0.5) is 11.6 Å². The maximum Gasteiger partial charge on any atom is 0.169 e. The summed E-state index contributed by atoms with van der Waals surface area (Å²) in [7, 11) is 0. The zero-order valence-electron chi connectivity index (χ0n) is 14.2. The van der Waals surface area contributed by atoms with Crippen molar-refractivity contribution in [2.75, 3.05) is 23.7 Å². The van der Waals surface area contributed by atoms with Gasteiger partial charge in [-0.3, -0.25) is 0 Å². The molecule has 0 aliphatic carbocycles. The molecule has 4 nitrogen and oxygen atoms in total. The van der Waals surface area contributed by atoms with E-state index in [1.807, 2.05) is 24.3 Å². The van der Waals surface area contributed by atoms with Crippen LogP contribution in [-0.4, -0.2) is 23.1 Å². The minimum atomic E-state index is 0.621. The Kier molecular flexibility index (Phi) is 5.99. The van der Waals surface area contributed by atoms with Crippen molar-refractivity contribution in [3.8, 4) is 0 Å². The summed E-state index contributed by atoms with van der Waals surface area (Å²) >= 11 is 0. The topological polar surface area (TPSA) is 49.8 Å². The van der Waals surface area contributed by atoms with E-state index in [2.05, 4.69) is 38.3 Å². The summed E-state index contributed by atoms with van der Waals surface area (Å²) in [6.07, 6.45) is 2.31. The monoisotopic (exact) mass is 300 g/mol. The van der Waals surface area contributed by atoms with Crippen molar-refractivity contribution in [2.45, 2.75) is 40.5 Å². The molecule has 0 amide bonds. The molecule has 2 unspecified atom stereocenters. The van der Waals surface area contributed by atoms with Crippen LogP contribution >= 0.6 is 0 Å². The number of anilines is 2. The number of benzene rings is 1. The van der Waals surface area contributed by atoms with Crippen molar-refractivity contribution >= 4 is 22.7 Å². The van der Waals surface area contributed by atoms with Gasteiger partial charge in [0.2, 0.25) is 0 Å². The van der Waals surface area contributed by atoms with Crippen LogP contribution < -0.4 is 10.6 Å². The molecule has 2 rings (SSSR count). The number of hydrogen-bond donors (Lipinski definition) is 2. The summed E-state index contributed by atoms with van der Waals surface area (Å²) in [5, 5.41) is 6.92. The first-order chi connectivity index (χ1) is 10.6. The fraction of sp³-hybridized carbons (Fsp3) is 0.556. The lowest BCUT2D eigenvalue weighted by atomic mass is 10.1. The van der Waals surface area contributed by atoms with Crippen LogP contribution in [0.15, 0.2) is 24.3 Å². The van der Waals surface area contributed by atoms with Gasteiger partial charge in [-0.25, -0.2) is 9.97 Å². The van der Waals surface area contributed by atoms with Gasteiger partial charge < -0.3 is 10.6 Å². The van der Waals surface area contributed by atoms with E-state index in [1.165, 1.54) is 0 Å². The molecule has 0 saturated carbocycles. The highest BCUT2D eigenvalue weighted by Crippen LogP contribution is 2.22. The van der Waals surface area contributed by atoms with Crippen molar-refractivity contribution in [1.82, 2.24) is 9.97 Å². The van der Waals surface area contributed by atoms with Crippen molar-refractivity contribution in [3.63, 3.8) is 0 Å². The van der Waals surface area contributed by atoms with Gasteiger partial charge >= 0.3 is 0 Å². The van der Waals surface area contributed by atoms with E-state index in [9.17, 15) is 0 Å². The molecule has 0 bridgehead atoms. The van der Waals surface area contributed by atoms with E-state index >= 15 is 0 Å². The maximum atomic E-state index is 4.75. The SMILES string of the molecule is CCC(C)CNc1nc2ccccc2nc1NCC(C)CC. The molecule has 1 heterocycles. The van der Waals surface area contributed by atoms with Crippen LogP contribution in [-0.2, 0) is 0 Å². The second kappa shape index (κ2) is 7.97. The lowest BCUT2D eigenvalue weighted by Crippen LogP contribution is -2.17. The Morgan fingerprint density at radius 3 is 1.59 bits per heavy atom. The maximum absolute atomic E-state index is 4.75. The molecule has 4 heteroatoms. The fourth-order valence-electron chi connectivity index (χ4n) is 2.08. The molecule has 0 fully saturated rings. The second-order valence-corrected chi connectivity index (χ2v) is 6.20. The van der Waals surface area contributed by atoms with Crippen LogP contribution in [0.1, 0.15) is 40.5 Å². The zero-order valence-corrected chi connectivity index (χ0v) is 14.2. The number of rotatable bonds is 8. The van der Waals surface area contributed by atoms with Crippen molar-refractivity contribution in [2.24, 2.45) is 11.8 Å². The molecule has 120 valence electrons. The van der Waals surface area contributed by atoms with Gasteiger partial charge in [0.15, 0.2) is 11.6 Å². The lowest BCUT2D eigenvalue weighted by Gasteiger charge is -2.17. The van der Waals surface area contributed by atoms with Gasteiger partial charge in [0.25, 0.3) is 0 Å². The first kappa shape index (κ1) is 16.5. The quantitative estimate of drug-likeness (QED) is 0.751. The minimum Gasteiger partial charge on any atom is -0.367 e. The Balaban J connectivity index is 2.24. The third-order valence-electron chi connectivity index (χ3n) is 4.20. The minimum absolute atomic E-state index is 0.621. The van der Waals surface area contributed by atoms with Crippen LogP contribution in [0.5, 0.6) is 0 Å². The first-order valence-electron chi connectivity index (χ1n) is 8.38. The normalized spacial score (nSPS) is 13.8. The highest BCUT2D eigenvalue weighted by molar-refractivity contribution is 5.80. The van der Waals surface area contributed by atoms with Gasteiger partial charge in [-0.2, -0.15) is 0 Å². The Labute approximate surface area is 133 Å². The molecular formula is C18H28N4. The third-order valence-corrected chi connectivity index (χ3v) is 4.20. The molecule has 1 aromatic carbocycles. The molecule has 0 radical (unpaired) electrons.